The summed E-state index contributed by atoms with van der Waals surface area (Å²) in [6, 6.07) is 0. The van der Waals surface area contributed by atoms with Gasteiger partial charge in [-0.05, 0) is 12.8 Å². The van der Waals surface area contributed by atoms with Gasteiger partial charge in [0.05, 0.1) is 52.9 Å². The first-order valence-electron chi connectivity index (χ1n) is 15.0. The van der Waals surface area contributed by atoms with Crippen molar-refractivity contribution in [2.24, 2.45) is 0 Å². The topological polar surface area (TPSA) is 146 Å². The Kier molecular flexibility index (Phi) is 47.4. The minimum atomic E-state index is -0.653. The Morgan fingerprint density at radius 3 is 1.03 bits per heavy atom. The lowest BCUT2D eigenvalue weighted by molar-refractivity contribution is -0.137. The molecule has 0 atom stereocenters. The number of carbonyl (C=O) groups is 1. The molecular formula is C29H62O9. The van der Waals surface area contributed by atoms with E-state index in [1.165, 1.54) is 83.5 Å². The van der Waals surface area contributed by atoms with Crippen LogP contribution in [0.2, 0.25) is 0 Å². The third kappa shape index (κ3) is 51.8. The Bertz CT molecular complexity index is 386. The summed E-state index contributed by atoms with van der Waals surface area (Å²) in [5, 5.41) is 41.3. The highest BCUT2D eigenvalue weighted by molar-refractivity contribution is 5.66. The van der Waals surface area contributed by atoms with E-state index in [2.05, 4.69) is 11.7 Å². The van der Waals surface area contributed by atoms with E-state index in [0.29, 0.717) is 46.1 Å². The summed E-state index contributed by atoms with van der Waals surface area (Å²) in [6.45, 7) is 5.08. The molecule has 0 fully saturated rings. The predicted molar refractivity (Wildman–Crippen MR) is 153 cm³/mol. The van der Waals surface area contributed by atoms with Crippen molar-refractivity contribution >= 4 is 5.97 Å². The second kappa shape index (κ2) is 43.2. The van der Waals surface area contributed by atoms with E-state index in [1.807, 2.05) is 0 Å². The zero-order valence-electron chi connectivity index (χ0n) is 24.5. The van der Waals surface area contributed by atoms with Crippen molar-refractivity contribution in [2.45, 2.75) is 116 Å². The molecule has 0 bridgehead atoms. The highest BCUT2D eigenvalue weighted by Gasteiger charge is 1.97. The number of aliphatic hydroxyl groups is 4. The molecule has 0 aliphatic rings. The lowest BCUT2D eigenvalue weighted by Gasteiger charge is -2.03. The molecule has 0 radical (unpaired) electrons. The smallest absolute Gasteiger partial charge is 0.303 e. The number of carboxylic acid groups (broad SMARTS) is 1. The van der Waals surface area contributed by atoms with Crippen LogP contribution in [0.3, 0.4) is 0 Å². The number of rotatable bonds is 28. The van der Waals surface area contributed by atoms with Crippen molar-refractivity contribution < 1.29 is 44.5 Å². The molecule has 232 valence electrons. The number of aliphatic hydroxyl groups excluding tert-OH is 4. The van der Waals surface area contributed by atoms with Crippen LogP contribution in [0, 0.1) is 0 Å². The quantitative estimate of drug-likeness (QED) is 0.0867. The van der Waals surface area contributed by atoms with E-state index < -0.39 is 5.97 Å². The molecule has 9 heteroatoms. The Morgan fingerprint density at radius 1 is 0.447 bits per heavy atom. The molecule has 0 aromatic rings. The minimum Gasteiger partial charge on any atom is -0.481 e. The van der Waals surface area contributed by atoms with Gasteiger partial charge in [0.15, 0.2) is 0 Å². The number of hydrogen-bond acceptors (Lipinski definition) is 8. The lowest BCUT2D eigenvalue weighted by atomic mass is 10.0. The molecule has 38 heavy (non-hydrogen) atoms. The van der Waals surface area contributed by atoms with Crippen LogP contribution >= 0.6 is 0 Å². The Balaban J connectivity index is -0.000000567. The van der Waals surface area contributed by atoms with Crippen LogP contribution in [-0.2, 0) is 19.0 Å². The van der Waals surface area contributed by atoms with Gasteiger partial charge in [0.1, 0.15) is 0 Å². The summed E-state index contributed by atoms with van der Waals surface area (Å²) >= 11 is 0. The van der Waals surface area contributed by atoms with Gasteiger partial charge < -0.3 is 39.7 Å². The average molecular weight is 555 g/mol. The molecule has 0 aromatic heterocycles. The second-order valence-electron chi connectivity index (χ2n) is 9.18. The van der Waals surface area contributed by atoms with Gasteiger partial charge in [0, 0.05) is 19.6 Å². The maximum atomic E-state index is 10.3. The Hall–Kier alpha value is -0.810. The molecule has 0 heterocycles. The summed E-state index contributed by atoms with van der Waals surface area (Å²) in [6.07, 6.45) is 21.0. The van der Waals surface area contributed by atoms with Crippen LogP contribution < -0.4 is 0 Å². The SMILES string of the molecule is CCCCCCCCCCCCCCCCCC(=O)O.OCCOCCCOCCO.OCCOCCO. The first-order chi connectivity index (χ1) is 18.6. The molecule has 0 saturated carbocycles. The molecule has 0 aromatic carbocycles. The van der Waals surface area contributed by atoms with Crippen molar-refractivity contribution in [3.8, 4) is 0 Å². The summed E-state index contributed by atoms with van der Waals surface area (Å²) in [5.74, 6) is -0.653. The maximum absolute atomic E-state index is 10.3. The van der Waals surface area contributed by atoms with Crippen LogP contribution in [-0.4, -0.2) is 97.6 Å². The number of unbranched alkanes of at least 4 members (excludes halogenated alkanes) is 14. The largest absolute Gasteiger partial charge is 0.481 e. The van der Waals surface area contributed by atoms with Crippen LogP contribution in [0.25, 0.3) is 0 Å². The first-order valence-corrected chi connectivity index (χ1v) is 15.0. The van der Waals surface area contributed by atoms with Gasteiger partial charge in [-0.15, -0.1) is 0 Å². The summed E-state index contributed by atoms with van der Waals surface area (Å²) < 4.78 is 14.6. The van der Waals surface area contributed by atoms with E-state index in [-0.39, 0.29) is 26.4 Å². The van der Waals surface area contributed by atoms with Crippen LogP contribution in [0.15, 0.2) is 0 Å². The van der Waals surface area contributed by atoms with E-state index in [4.69, 9.17) is 35.0 Å². The van der Waals surface area contributed by atoms with Gasteiger partial charge in [-0.1, -0.05) is 96.8 Å². The average Bonchev–Trinajstić information content (AvgIpc) is 2.91. The van der Waals surface area contributed by atoms with Crippen molar-refractivity contribution in [1.29, 1.82) is 0 Å². The fraction of sp³-hybridized carbons (Fsp3) is 0.966. The number of aliphatic carboxylic acids is 1. The van der Waals surface area contributed by atoms with Gasteiger partial charge in [-0.2, -0.15) is 0 Å². The Morgan fingerprint density at radius 2 is 0.737 bits per heavy atom. The third-order valence-electron chi connectivity index (χ3n) is 5.51. The standard InChI is InChI=1S/C18H36O2.C7H16O4.C4H10O3/c1-2-3-4-5-6-7-8-9-10-11-12-13-14-15-16-17-18(19)20;8-2-6-10-4-1-5-11-7-3-9;5-1-3-7-4-2-6/h2-17H2,1H3,(H,19,20);8-9H,1-7H2;5-6H,1-4H2. The van der Waals surface area contributed by atoms with E-state index in [9.17, 15) is 4.79 Å². The van der Waals surface area contributed by atoms with Gasteiger partial charge in [-0.25, -0.2) is 0 Å². The van der Waals surface area contributed by atoms with Gasteiger partial charge in [0.2, 0.25) is 0 Å². The molecule has 0 rings (SSSR count). The monoisotopic (exact) mass is 554 g/mol. The molecule has 0 aliphatic carbocycles. The van der Waals surface area contributed by atoms with Crippen molar-refractivity contribution in [3.63, 3.8) is 0 Å². The molecule has 0 spiro atoms. The third-order valence-corrected chi connectivity index (χ3v) is 5.51. The normalized spacial score (nSPS) is 10.4. The van der Waals surface area contributed by atoms with Gasteiger partial charge in [0.25, 0.3) is 0 Å². The van der Waals surface area contributed by atoms with Crippen molar-refractivity contribution in [1.82, 2.24) is 0 Å². The lowest BCUT2D eigenvalue weighted by Crippen LogP contribution is -2.06. The van der Waals surface area contributed by atoms with Crippen LogP contribution in [0.1, 0.15) is 116 Å². The predicted octanol–water partition coefficient (Wildman–Crippen LogP) is 4.71. The maximum Gasteiger partial charge on any atom is 0.303 e. The van der Waals surface area contributed by atoms with Gasteiger partial charge in [-0.3, -0.25) is 4.79 Å². The minimum absolute atomic E-state index is 0.0278. The summed E-state index contributed by atoms with van der Waals surface area (Å²) in [5.41, 5.74) is 0. The second-order valence-corrected chi connectivity index (χ2v) is 9.18. The Labute approximate surface area is 232 Å². The number of carboxylic acids is 1. The van der Waals surface area contributed by atoms with Gasteiger partial charge >= 0.3 is 5.97 Å². The number of hydrogen-bond donors (Lipinski definition) is 5. The van der Waals surface area contributed by atoms with Crippen LogP contribution in [0.5, 0.6) is 0 Å². The fourth-order valence-electron chi connectivity index (χ4n) is 3.47. The molecular weight excluding hydrogens is 492 g/mol. The van der Waals surface area contributed by atoms with Crippen molar-refractivity contribution in [3.05, 3.63) is 0 Å². The first kappa shape index (κ1) is 41.7. The molecule has 0 unspecified atom stereocenters. The van der Waals surface area contributed by atoms with E-state index in [0.717, 1.165) is 19.3 Å². The molecule has 0 amide bonds. The number of ether oxygens (including phenoxy) is 3. The van der Waals surface area contributed by atoms with Crippen LogP contribution in [0.4, 0.5) is 0 Å². The zero-order valence-corrected chi connectivity index (χ0v) is 24.5. The summed E-state index contributed by atoms with van der Waals surface area (Å²) in [4.78, 5) is 10.3. The molecule has 0 saturated heterocycles. The van der Waals surface area contributed by atoms with E-state index in [1.54, 1.807) is 0 Å². The highest BCUT2D eigenvalue weighted by Crippen LogP contribution is 2.13. The van der Waals surface area contributed by atoms with E-state index >= 15 is 0 Å². The van der Waals surface area contributed by atoms with Crippen molar-refractivity contribution in [2.75, 3.05) is 66.1 Å². The molecule has 0 aliphatic heterocycles. The summed E-state index contributed by atoms with van der Waals surface area (Å²) in [7, 11) is 0. The molecule has 9 nitrogen and oxygen atoms in total. The zero-order chi connectivity index (χ0) is 28.8. The highest BCUT2D eigenvalue weighted by atomic mass is 16.5. The fourth-order valence-corrected chi connectivity index (χ4v) is 3.47. The molecule has 5 N–H and O–H groups in total.